The molecule has 0 amide bonds. The van der Waals surface area contributed by atoms with Crippen molar-refractivity contribution in [1.82, 2.24) is 0 Å². The van der Waals surface area contributed by atoms with Crippen molar-refractivity contribution in [3.05, 3.63) is 65.2 Å². The van der Waals surface area contributed by atoms with E-state index in [0.717, 1.165) is 12.1 Å². The van der Waals surface area contributed by atoms with E-state index in [4.69, 9.17) is 0 Å². The van der Waals surface area contributed by atoms with Gasteiger partial charge in [-0.1, -0.05) is 12.1 Å². The van der Waals surface area contributed by atoms with E-state index >= 15 is 0 Å². The topological polar surface area (TPSA) is 12.0 Å². The van der Waals surface area contributed by atoms with Crippen molar-refractivity contribution in [3.63, 3.8) is 0 Å². The molecule has 1 nitrogen and oxygen atoms in total. The van der Waals surface area contributed by atoms with Gasteiger partial charge in [-0.2, -0.15) is 0 Å². The lowest BCUT2D eigenvalue weighted by Gasteiger charge is -2.08. The molecule has 0 radical (unpaired) electrons. The van der Waals surface area contributed by atoms with Crippen molar-refractivity contribution >= 4 is 5.69 Å². The smallest absolute Gasteiger partial charge is 0.196 e. The molecule has 2 aromatic rings. The van der Waals surface area contributed by atoms with Crippen LogP contribution in [0.4, 0.5) is 23.2 Å². The van der Waals surface area contributed by atoms with Crippen LogP contribution in [0.25, 0.3) is 0 Å². The predicted octanol–water partition coefficient (Wildman–Crippen LogP) is 3.86. The number of nitrogens with one attached hydrogen (secondary N) is 1. The van der Waals surface area contributed by atoms with Gasteiger partial charge >= 0.3 is 0 Å². The van der Waals surface area contributed by atoms with Crippen molar-refractivity contribution in [1.29, 1.82) is 0 Å². The Kier molecular flexibility index (Phi) is 3.50. The molecule has 0 saturated carbocycles. The van der Waals surface area contributed by atoms with Crippen molar-refractivity contribution in [2.45, 2.75) is 6.54 Å². The normalized spacial score (nSPS) is 10.4. The predicted molar refractivity (Wildman–Crippen MR) is 60.0 cm³/mol. The number of anilines is 1. The summed E-state index contributed by atoms with van der Waals surface area (Å²) in [7, 11) is 0. The van der Waals surface area contributed by atoms with Gasteiger partial charge in [0.15, 0.2) is 17.5 Å². The Morgan fingerprint density at radius 1 is 0.778 bits per heavy atom. The molecule has 0 spiro atoms. The molecule has 94 valence electrons. The molecular formula is C13H9F4N. The summed E-state index contributed by atoms with van der Waals surface area (Å²) < 4.78 is 51.5. The fraction of sp³-hybridized carbons (Fsp3) is 0.0769. The molecule has 2 aromatic carbocycles. The molecule has 0 heterocycles. The summed E-state index contributed by atoms with van der Waals surface area (Å²) >= 11 is 0. The Labute approximate surface area is 101 Å². The van der Waals surface area contributed by atoms with E-state index in [1.165, 1.54) is 24.3 Å². The van der Waals surface area contributed by atoms with Crippen LogP contribution >= 0.6 is 0 Å². The molecule has 5 heteroatoms. The van der Waals surface area contributed by atoms with Gasteiger partial charge in [-0.3, -0.25) is 0 Å². The first-order valence-electron chi connectivity index (χ1n) is 5.20. The highest BCUT2D eigenvalue weighted by Crippen LogP contribution is 2.20. The molecule has 0 aliphatic heterocycles. The lowest BCUT2D eigenvalue weighted by Crippen LogP contribution is -2.04. The van der Waals surface area contributed by atoms with Crippen LogP contribution in [0.15, 0.2) is 36.4 Å². The van der Waals surface area contributed by atoms with Crippen LogP contribution in [-0.2, 0) is 6.54 Å². The quantitative estimate of drug-likeness (QED) is 0.648. The van der Waals surface area contributed by atoms with Gasteiger partial charge in [0.05, 0.1) is 5.69 Å². The minimum Gasteiger partial charge on any atom is -0.379 e. The number of benzene rings is 2. The second-order valence-corrected chi connectivity index (χ2v) is 3.70. The van der Waals surface area contributed by atoms with Crippen molar-refractivity contribution in [2.24, 2.45) is 0 Å². The Morgan fingerprint density at radius 3 is 2.11 bits per heavy atom. The molecule has 0 saturated heterocycles. The number of hydrogen-bond donors (Lipinski definition) is 1. The average Bonchev–Trinajstić information content (AvgIpc) is 2.37. The highest BCUT2D eigenvalue weighted by atomic mass is 19.2. The summed E-state index contributed by atoms with van der Waals surface area (Å²) in [4.78, 5) is 0. The third kappa shape index (κ3) is 2.61. The lowest BCUT2D eigenvalue weighted by atomic mass is 10.2. The minimum absolute atomic E-state index is 0.141. The maximum absolute atomic E-state index is 13.3. The van der Waals surface area contributed by atoms with Crippen LogP contribution in [0.1, 0.15) is 5.56 Å². The first kappa shape index (κ1) is 12.4. The summed E-state index contributed by atoms with van der Waals surface area (Å²) in [5.74, 6) is -4.39. The Morgan fingerprint density at radius 2 is 1.44 bits per heavy atom. The summed E-state index contributed by atoms with van der Waals surface area (Å²) in [5, 5.41) is 2.61. The van der Waals surface area contributed by atoms with Crippen LogP contribution in [0.5, 0.6) is 0 Å². The van der Waals surface area contributed by atoms with Gasteiger partial charge in [0, 0.05) is 6.54 Å². The fourth-order valence-corrected chi connectivity index (χ4v) is 1.46. The highest BCUT2D eigenvalue weighted by molar-refractivity contribution is 5.45. The van der Waals surface area contributed by atoms with Gasteiger partial charge < -0.3 is 5.32 Å². The number of rotatable bonds is 3. The summed E-state index contributed by atoms with van der Waals surface area (Å²) in [6.07, 6.45) is 0. The molecule has 0 aromatic heterocycles. The lowest BCUT2D eigenvalue weighted by molar-refractivity contribution is 0.449. The standard InChI is InChI=1S/C13H9F4N/c14-9-3-1-8(2-4-9)7-18-11-6-5-10(15)12(16)13(11)17/h1-6,18H,7H2. The highest BCUT2D eigenvalue weighted by Gasteiger charge is 2.12. The third-order valence-corrected chi connectivity index (χ3v) is 2.43. The van der Waals surface area contributed by atoms with Gasteiger partial charge in [-0.25, -0.2) is 17.6 Å². The first-order chi connectivity index (χ1) is 8.58. The Bertz CT molecular complexity index is 552. The third-order valence-electron chi connectivity index (χ3n) is 2.43. The van der Waals surface area contributed by atoms with E-state index in [1.807, 2.05) is 0 Å². The molecule has 18 heavy (non-hydrogen) atoms. The van der Waals surface area contributed by atoms with E-state index in [9.17, 15) is 17.6 Å². The molecule has 0 aliphatic carbocycles. The second kappa shape index (κ2) is 5.08. The Hall–Kier alpha value is -2.04. The van der Waals surface area contributed by atoms with E-state index in [-0.39, 0.29) is 18.0 Å². The summed E-state index contributed by atoms with van der Waals surface area (Å²) in [6.45, 7) is 0.183. The minimum atomic E-state index is -1.51. The van der Waals surface area contributed by atoms with E-state index in [1.54, 1.807) is 0 Å². The molecule has 0 fully saturated rings. The molecule has 0 aliphatic rings. The van der Waals surface area contributed by atoms with Gasteiger partial charge in [0.2, 0.25) is 0 Å². The molecular weight excluding hydrogens is 246 g/mol. The number of hydrogen-bond acceptors (Lipinski definition) is 1. The van der Waals surface area contributed by atoms with Crippen molar-refractivity contribution in [3.8, 4) is 0 Å². The zero-order chi connectivity index (χ0) is 13.1. The van der Waals surface area contributed by atoms with Gasteiger partial charge in [0.25, 0.3) is 0 Å². The first-order valence-corrected chi connectivity index (χ1v) is 5.20. The zero-order valence-corrected chi connectivity index (χ0v) is 9.18. The van der Waals surface area contributed by atoms with Crippen LogP contribution < -0.4 is 5.32 Å². The van der Waals surface area contributed by atoms with E-state index in [0.29, 0.717) is 5.56 Å². The maximum atomic E-state index is 13.3. The van der Waals surface area contributed by atoms with Crippen LogP contribution in [0.2, 0.25) is 0 Å². The Balaban J connectivity index is 2.11. The van der Waals surface area contributed by atoms with E-state index in [2.05, 4.69) is 5.32 Å². The van der Waals surface area contributed by atoms with Gasteiger partial charge in [-0.05, 0) is 29.8 Å². The molecule has 0 atom stereocenters. The second-order valence-electron chi connectivity index (χ2n) is 3.70. The van der Waals surface area contributed by atoms with Crippen LogP contribution in [0.3, 0.4) is 0 Å². The van der Waals surface area contributed by atoms with Crippen LogP contribution in [-0.4, -0.2) is 0 Å². The van der Waals surface area contributed by atoms with Crippen LogP contribution in [0, 0.1) is 23.3 Å². The molecule has 1 N–H and O–H groups in total. The molecule has 2 rings (SSSR count). The van der Waals surface area contributed by atoms with Gasteiger partial charge in [0.1, 0.15) is 5.82 Å². The van der Waals surface area contributed by atoms with E-state index < -0.39 is 17.5 Å². The number of halogens is 4. The zero-order valence-electron chi connectivity index (χ0n) is 9.18. The largest absolute Gasteiger partial charge is 0.379 e. The van der Waals surface area contributed by atoms with Gasteiger partial charge in [-0.15, -0.1) is 0 Å². The maximum Gasteiger partial charge on any atom is 0.196 e. The monoisotopic (exact) mass is 255 g/mol. The van der Waals surface area contributed by atoms with Crippen molar-refractivity contribution < 1.29 is 17.6 Å². The molecule has 0 unspecified atom stereocenters. The average molecular weight is 255 g/mol. The summed E-state index contributed by atoms with van der Waals surface area (Å²) in [5.41, 5.74) is 0.554. The van der Waals surface area contributed by atoms with Crippen molar-refractivity contribution in [2.75, 3.05) is 5.32 Å². The molecule has 0 bridgehead atoms. The fourth-order valence-electron chi connectivity index (χ4n) is 1.46. The summed E-state index contributed by atoms with van der Waals surface area (Å²) in [6, 6.07) is 7.50. The SMILES string of the molecule is Fc1ccc(CNc2ccc(F)c(F)c2F)cc1.